The summed E-state index contributed by atoms with van der Waals surface area (Å²) in [5, 5.41) is 13.8. The Labute approximate surface area is 114 Å². The van der Waals surface area contributed by atoms with Crippen LogP contribution in [0.3, 0.4) is 0 Å². The van der Waals surface area contributed by atoms with Gasteiger partial charge in [0.25, 0.3) is 0 Å². The fourth-order valence-electron chi connectivity index (χ4n) is 2.55. The summed E-state index contributed by atoms with van der Waals surface area (Å²) in [6.07, 6.45) is 2.57. The molecule has 0 aliphatic carbocycles. The lowest BCUT2D eigenvalue weighted by Gasteiger charge is -2.29. The molecule has 1 aromatic rings. The van der Waals surface area contributed by atoms with Crippen LogP contribution in [0.2, 0.25) is 5.02 Å². The summed E-state index contributed by atoms with van der Waals surface area (Å²) in [6.45, 7) is 4.04. The third-order valence-corrected chi connectivity index (χ3v) is 3.75. The van der Waals surface area contributed by atoms with Gasteiger partial charge in [0.15, 0.2) is 0 Å². The molecule has 1 aliphatic rings. The molecule has 1 aliphatic heterocycles. The first-order valence-corrected chi connectivity index (χ1v) is 6.89. The summed E-state index contributed by atoms with van der Waals surface area (Å²) in [4.78, 5) is 2.38. The zero-order chi connectivity index (χ0) is 13.0. The van der Waals surface area contributed by atoms with Gasteiger partial charge in [-0.15, -0.1) is 0 Å². The van der Waals surface area contributed by atoms with Crippen molar-refractivity contribution in [3.8, 4) is 5.75 Å². The van der Waals surface area contributed by atoms with Gasteiger partial charge in [0.1, 0.15) is 5.75 Å². The van der Waals surface area contributed by atoms with E-state index in [-0.39, 0.29) is 0 Å². The molecule has 0 saturated carbocycles. The van der Waals surface area contributed by atoms with Crippen LogP contribution in [0.15, 0.2) is 18.2 Å². The highest BCUT2D eigenvalue weighted by Crippen LogP contribution is 2.21. The van der Waals surface area contributed by atoms with Gasteiger partial charge >= 0.3 is 0 Å². The Morgan fingerprint density at radius 2 is 2.33 bits per heavy atom. The summed E-state index contributed by atoms with van der Waals surface area (Å²) >= 11 is 5.92. The third-order valence-electron chi connectivity index (χ3n) is 3.51. The van der Waals surface area contributed by atoms with E-state index in [0.29, 0.717) is 23.2 Å². The highest BCUT2D eigenvalue weighted by atomic mass is 35.5. The number of phenols is 1. The van der Waals surface area contributed by atoms with Crippen LogP contribution < -0.4 is 5.32 Å². The molecule has 2 N–H and O–H groups in total. The molecule has 3 nitrogen and oxygen atoms in total. The van der Waals surface area contributed by atoms with Gasteiger partial charge in [-0.3, -0.25) is 0 Å². The number of rotatable bonds is 4. The number of nitrogens with zero attached hydrogens (tertiary/aromatic N) is 1. The van der Waals surface area contributed by atoms with E-state index in [4.69, 9.17) is 11.6 Å². The Morgan fingerprint density at radius 1 is 1.50 bits per heavy atom. The van der Waals surface area contributed by atoms with Gasteiger partial charge in [0, 0.05) is 23.7 Å². The van der Waals surface area contributed by atoms with E-state index < -0.39 is 0 Å². The number of nitrogens with one attached hydrogen (secondary N) is 1. The SMILES string of the molecule is CN1CCCC(CNCc2cc(Cl)ccc2O)C1. The number of benzene rings is 1. The van der Waals surface area contributed by atoms with Crippen LogP contribution in [-0.4, -0.2) is 36.7 Å². The highest BCUT2D eigenvalue weighted by Gasteiger charge is 2.16. The molecule has 4 heteroatoms. The molecule has 1 saturated heterocycles. The average molecular weight is 269 g/mol. The summed E-state index contributed by atoms with van der Waals surface area (Å²) in [7, 11) is 2.18. The molecule has 1 unspecified atom stereocenters. The molecule has 100 valence electrons. The number of halogens is 1. The van der Waals surface area contributed by atoms with Crippen molar-refractivity contribution in [2.45, 2.75) is 19.4 Å². The zero-order valence-corrected chi connectivity index (χ0v) is 11.6. The quantitative estimate of drug-likeness (QED) is 0.881. The average Bonchev–Trinajstić information content (AvgIpc) is 2.34. The highest BCUT2D eigenvalue weighted by molar-refractivity contribution is 6.30. The fraction of sp³-hybridized carbons (Fsp3) is 0.571. The summed E-state index contributed by atoms with van der Waals surface area (Å²) in [6, 6.07) is 5.17. The molecule has 0 bridgehead atoms. The maximum atomic E-state index is 9.71. The number of phenolic OH excluding ortho intramolecular Hbond substituents is 1. The minimum Gasteiger partial charge on any atom is -0.508 e. The monoisotopic (exact) mass is 268 g/mol. The van der Waals surface area contributed by atoms with Crippen molar-refractivity contribution in [1.29, 1.82) is 0 Å². The Morgan fingerprint density at radius 3 is 3.11 bits per heavy atom. The molecule has 0 radical (unpaired) electrons. The normalized spacial score (nSPS) is 21.1. The van der Waals surface area contributed by atoms with Crippen LogP contribution in [0.4, 0.5) is 0 Å². The molecular weight excluding hydrogens is 248 g/mol. The lowest BCUT2D eigenvalue weighted by molar-refractivity contribution is 0.206. The lowest BCUT2D eigenvalue weighted by Crippen LogP contribution is -2.37. The summed E-state index contributed by atoms with van der Waals surface area (Å²) in [5.74, 6) is 1.03. The second-order valence-electron chi connectivity index (χ2n) is 5.17. The van der Waals surface area contributed by atoms with E-state index >= 15 is 0 Å². The molecule has 1 heterocycles. The van der Waals surface area contributed by atoms with Gasteiger partial charge in [0.05, 0.1) is 0 Å². The van der Waals surface area contributed by atoms with E-state index in [1.54, 1.807) is 12.1 Å². The molecule has 1 aromatic carbocycles. The molecule has 0 amide bonds. The third kappa shape index (κ3) is 3.87. The first kappa shape index (κ1) is 13.7. The van der Waals surface area contributed by atoms with Crippen molar-refractivity contribution in [3.05, 3.63) is 28.8 Å². The first-order valence-electron chi connectivity index (χ1n) is 6.52. The van der Waals surface area contributed by atoms with Crippen molar-refractivity contribution >= 4 is 11.6 Å². The predicted molar refractivity (Wildman–Crippen MR) is 75.0 cm³/mol. The Kier molecular flexibility index (Phi) is 4.87. The second kappa shape index (κ2) is 6.41. The van der Waals surface area contributed by atoms with Crippen LogP contribution in [-0.2, 0) is 6.54 Å². The van der Waals surface area contributed by atoms with Crippen LogP contribution in [0.5, 0.6) is 5.75 Å². The predicted octanol–water partition coefficient (Wildman–Crippen LogP) is 2.48. The fourth-order valence-corrected chi connectivity index (χ4v) is 2.74. The minimum absolute atomic E-state index is 0.313. The number of likely N-dealkylation sites (tertiary alicyclic amines) is 1. The van der Waals surface area contributed by atoms with Crippen LogP contribution in [0.1, 0.15) is 18.4 Å². The van der Waals surface area contributed by atoms with Crippen molar-refractivity contribution in [1.82, 2.24) is 10.2 Å². The van der Waals surface area contributed by atoms with Gasteiger partial charge in [-0.2, -0.15) is 0 Å². The molecule has 0 spiro atoms. The summed E-state index contributed by atoms with van der Waals surface area (Å²) in [5.41, 5.74) is 0.867. The lowest BCUT2D eigenvalue weighted by atomic mass is 9.98. The van der Waals surface area contributed by atoms with E-state index in [1.807, 2.05) is 6.07 Å². The zero-order valence-electron chi connectivity index (χ0n) is 10.8. The molecule has 18 heavy (non-hydrogen) atoms. The Hall–Kier alpha value is -0.770. The second-order valence-corrected chi connectivity index (χ2v) is 5.61. The molecule has 2 rings (SSSR count). The van der Waals surface area contributed by atoms with E-state index in [2.05, 4.69) is 17.3 Å². The van der Waals surface area contributed by atoms with E-state index in [9.17, 15) is 5.11 Å². The van der Waals surface area contributed by atoms with Gasteiger partial charge in [-0.1, -0.05) is 11.6 Å². The first-order chi connectivity index (χ1) is 8.65. The van der Waals surface area contributed by atoms with Crippen molar-refractivity contribution in [2.75, 3.05) is 26.7 Å². The Balaban J connectivity index is 1.79. The number of aromatic hydroxyl groups is 1. The van der Waals surface area contributed by atoms with Crippen LogP contribution >= 0.6 is 11.6 Å². The van der Waals surface area contributed by atoms with E-state index in [0.717, 1.165) is 18.7 Å². The molecular formula is C14H21ClN2O. The Bertz CT molecular complexity index is 397. The van der Waals surface area contributed by atoms with Gasteiger partial charge < -0.3 is 15.3 Å². The molecule has 1 atom stereocenters. The number of hydrogen-bond donors (Lipinski definition) is 2. The van der Waals surface area contributed by atoms with Crippen molar-refractivity contribution in [2.24, 2.45) is 5.92 Å². The maximum Gasteiger partial charge on any atom is 0.120 e. The summed E-state index contributed by atoms with van der Waals surface area (Å²) < 4.78 is 0. The number of hydrogen-bond acceptors (Lipinski definition) is 3. The van der Waals surface area contributed by atoms with Gasteiger partial charge in [0.2, 0.25) is 0 Å². The van der Waals surface area contributed by atoms with Gasteiger partial charge in [-0.25, -0.2) is 0 Å². The van der Waals surface area contributed by atoms with Crippen LogP contribution in [0, 0.1) is 5.92 Å². The smallest absolute Gasteiger partial charge is 0.120 e. The maximum absolute atomic E-state index is 9.71. The standard InChI is InChI=1S/C14H21ClN2O/c1-17-6-2-3-11(10-17)8-16-9-12-7-13(15)4-5-14(12)18/h4-5,7,11,16,18H,2-3,6,8-10H2,1H3. The van der Waals surface area contributed by atoms with Crippen LogP contribution in [0.25, 0.3) is 0 Å². The van der Waals surface area contributed by atoms with Crippen molar-refractivity contribution in [3.63, 3.8) is 0 Å². The number of piperidine rings is 1. The van der Waals surface area contributed by atoms with Gasteiger partial charge in [-0.05, 0) is 57.1 Å². The molecule has 0 aromatic heterocycles. The topological polar surface area (TPSA) is 35.5 Å². The largest absolute Gasteiger partial charge is 0.508 e. The van der Waals surface area contributed by atoms with Crippen molar-refractivity contribution < 1.29 is 5.11 Å². The molecule has 1 fully saturated rings. The van der Waals surface area contributed by atoms with E-state index in [1.165, 1.54) is 19.4 Å². The minimum atomic E-state index is 0.313.